The van der Waals surface area contributed by atoms with Gasteiger partial charge in [-0.2, -0.15) is 0 Å². The predicted molar refractivity (Wildman–Crippen MR) is 70.8 cm³/mol. The van der Waals surface area contributed by atoms with Crippen LogP contribution in [0, 0.1) is 0 Å². The van der Waals surface area contributed by atoms with Gasteiger partial charge in [-0.05, 0) is 57.6 Å². The van der Waals surface area contributed by atoms with E-state index >= 15 is 0 Å². The van der Waals surface area contributed by atoms with E-state index in [1.54, 1.807) is 0 Å². The molecule has 0 bridgehead atoms. The number of allylic oxidation sites excluding steroid dienone is 3. The molecule has 0 aromatic rings. The third kappa shape index (κ3) is 4.37. The fraction of sp³-hybridized carbons (Fsp3) is 0.667. The fourth-order valence-electron chi connectivity index (χ4n) is 2.17. The zero-order valence-corrected chi connectivity index (χ0v) is 11.3. The summed E-state index contributed by atoms with van der Waals surface area (Å²) in [4.78, 5) is 11.7. The summed E-state index contributed by atoms with van der Waals surface area (Å²) in [6.45, 7) is 6.20. The lowest BCUT2D eigenvalue weighted by Gasteiger charge is -2.14. The molecule has 0 radical (unpaired) electrons. The summed E-state index contributed by atoms with van der Waals surface area (Å²) in [7, 11) is 0. The van der Waals surface area contributed by atoms with Crippen LogP contribution >= 0.6 is 0 Å². The molecule has 0 N–H and O–H groups in total. The minimum atomic E-state index is -0.173. The lowest BCUT2D eigenvalue weighted by molar-refractivity contribution is -0.138. The Bertz CT molecular complexity index is 324. The second-order valence-electron chi connectivity index (χ2n) is 4.65. The molecule has 0 unspecified atom stereocenters. The molecule has 0 aromatic carbocycles. The van der Waals surface area contributed by atoms with Crippen LogP contribution in [0.1, 0.15) is 59.3 Å². The third-order valence-electron chi connectivity index (χ3n) is 3.42. The normalized spacial score (nSPS) is 21.7. The first-order valence-electron chi connectivity index (χ1n) is 6.70. The van der Waals surface area contributed by atoms with Crippen molar-refractivity contribution in [3.05, 3.63) is 22.8 Å². The molecule has 0 aromatic heterocycles. The predicted octanol–water partition coefficient (Wildman–Crippen LogP) is 4.17. The minimum absolute atomic E-state index is 0.173. The number of carbonyl (C=O) groups is 1. The fourth-order valence-corrected chi connectivity index (χ4v) is 2.17. The highest BCUT2D eigenvalue weighted by Crippen LogP contribution is 2.25. The average Bonchev–Trinajstić information content (AvgIpc) is 2.27. The van der Waals surface area contributed by atoms with E-state index in [1.165, 1.54) is 31.3 Å². The van der Waals surface area contributed by atoms with Gasteiger partial charge in [-0.3, -0.25) is 0 Å². The molecule has 0 saturated carbocycles. The molecule has 0 atom stereocenters. The van der Waals surface area contributed by atoms with Crippen LogP contribution in [0.3, 0.4) is 0 Å². The van der Waals surface area contributed by atoms with E-state index < -0.39 is 0 Å². The van der Waals surface area contributed by atoms with Crippen LogP contribution in [0.25, 0.3) is 0 Å². The van der Waals surface area contributed by atoms with Gasteiger partial charge in [-0.1, -0.05) is 18.9 Å². The van der Waals surface area contributed by atoms with Gasteiger partial charge in [0.25, 0.3) is 0 Å². The molecule has 17 heavy (non-hydrogen) atoms. The van der Waals surface area contributed by atoms with Crippen molar-refractivity contribution in [3.63, 3.8) is 0 Å². The first kappa shape index (κ1) is 14.0. The highest BCUT2D eigenvalue weighted by Gasteiger charge is 2.12. The maximum absolute atomic E-state index is 11.7. The Morgan fingerprint density at radius 3 is 2.65 bits per heavy atom. The van der Waals surface area contributed by atoms with E-state index in [-0.39, 0.29) is 5.97 Å². The minimum Gasteiger partial charge on any atom is -0.463 e. The number of carbonyl (C=O) groups excluding carboxylic acids is 1. The van der Waals surface area contributed by atoms with Crippen molar-refractivity contribution in [1.82, 2.24) is 0 Å². The standard InChI is InChI=1S/C15H24O2/c1-4-17-15(16)13(3)12(2)14-10-8-6-5-7-9-11-14/h10H,4-9,11H2,1-3H3/b13-12+,14-10+. The molecule has 96 valence electrons. The molecule has 1 aliphatic rings. The summed E-state index contributed by atoms with van der Waals surface area (Å²) in [5.41, 5.74) is 3.22. The maximum atomic E-state index is 11.7. The first-order valence-corrected chi connectivity index (χ1v) is 6.70. The smallest absolute Gasteiger partial charge is 0.333 e. The summed E-state index contributed by atoms with van der Waals surface area (Å²) in [5, 5.41) is 0. The molecule has 2 nitrogen and oxygen atoms in total. The Labute approximate surface area is 105 Å². The van der Waals surface area contributed by atoms with E-state index in [0.717, 1.165) is 24.0 Å². The summed E-state index contributed by atoms with van der Waals surface area (Å²) < 4.78 is 5.05. The van der Waals surface area contributed by atoms with E-state index in [1.807, 2.05) is 20.8 Å². The largest absolute Gasteiger partial charge is 0.463 e. The number of hydrogen-bond acceptors (Lipinski definition) is 2. The van der Waals surface area contributed by atoms with Gasteiger partial charge in [0.2, 0.25) is 0 Å². The van der Waals surface area contributed by atoms with Crippen molar-refractivity contribution in [3.8, 4) is 0 Å². The van der Waals surface area contributed by atoms with Crippen LogP contribution in [0.4, 0.5) is 0 Å². The van der Waals surface area contributed by atoms with Gasteiger partial charge in [0.1, 0.15) is 0 Å². The Morgan fingerprint density at radius 2 is 1.94 bits per heavy atom. The van der Waals surface area contributed by atoms with Crippen LogP contribution < -0.4 is 0 Å². The van der Waals surface area contributed by atoms with E-state index in [9.17, 15) is 4.79 Å². The zero-order chi connectivity index (χ0) is 12.7. The Hall–Kier alpha value is -1.05. The number of ether oxygens (including phenoxy) is 1. The molecular formula is C15H24O2. The van der Waals surface area contributed by atoms with Gasteiger partial charge in [0.05, 0.1) is 6.61 Å². The third-order valence-corrected chi connectivity index (χ3v) is 3.42. The second-order valence-corrected chi connectivity index (χ2v) is 4.65. The topological polar surface area (TPSA) is 26.3 Å². The molecule has 0 aliphatic heterocycles. The van der Waals surface area contributed by atoms with Crippen LogP contribution in [-0.2, 0) is 9.53 Å². The molecule has 0 saturated heterocycles. The van der Waals surface area contributed by atoms with Crippen LogP contribution in [-0.4, -0.2) is 12.6 Å². The van der Waals surface area contributed by atoms with Crippen LogP contribution in [0.2, 0.25) is 0 Å². The lowest BCUT2D eigenvalue weighted by atomic mass is 9.93. The van der Waals surface area contributed by atoms with Gasteiger partial charge < -0.3 is 4.74 Å². The van der Waals surface area contributed by atoms with Gasteiger partial charge in [-0.25, -0.2) is 4.79 Å². The number of hydrogen-bond donors (Lipinski definition) is 0. The molecule has 0 amide bonds. The van der Waals surface area contributed by atoms with E-state index in [0.29, 0.717) is 6.61 Å². The highest BCUT2D eigenvalue weighted by atomic mass is 16.5. The van der Waals surface area contributed by atoms with Crippen LogP contribution in [0.15, 0.2) is 22.8 Å². The van der Waals surface area contributed by atoms with Gasteiger partial charge >= 0.3 is 5.97 Å². The van der Waals surface area contributed by atoms with E-state index in [2.05, 4.69) is 6.08 Å². The molecule has 1 rings (SSSR count). The van der Waals surface area contributed by atoms with Crippen LogP contribution in [0.5, 0.6) is 0 Å². The summed E-state index contributed by atoms with van der Waals surface area (Å²) in [6.07, 6.45) is 9.70. The van der Waals surface area contributed by atoms with Gasteiger partial charge in [-0.15, -0.1) is 0 Å². The summed E-state index contributed by atoms with van der Waals surface area (Å²) >= 11 is 0. The lowest BCUT2D eigenvalue weighted by Crippen LogP contribution is -2.08. The van der Waals surface area contributed by atoms with Gasteiger partial charge in [0.15, 0.2) is 0 Å². The van der Waals surface area contributed by atoms with E-state index in [4.69, 9.17) is 4.74 Å². The highest BCUT2D eigenvalue weighted by molar-refractivity contribution is 5.89. The maximum Gasteiger partial charge on any atom is 0.333 e. The number of esters is 1. The van der Waals surface area contributed by atoms with Crippen molar-refractivity contribution in [2.45, 2.75) is 59.3 Å². The number of rotatable bonds is 3. The molecule has 2 heteroatoms. The SMILES string of the molecule is CCOC(=O)/C(C)=C(C)/C1=C/CCCCCC1. The molecule has 0 fully saturated rings. The zero-order valence-electron chi connectivity index (χ0n) is 11.3. The van der Waals surface area contributed by atoms with Crippen molar-refractivity contribution in [2.75, 3.05) is 6.61 Å². The Morgan fingerprint density at radius 1 is 1.24 bits per heavy atom. The monoisotopic (exact) mass is 236 g/mol. The van der Waals surface area contributed by atoms with Crippen molar-refractivity contribution >= 4 is 5.97 Å². The van der Waals surface area contributed by atoms with Gasteiger partial charge in [0, 0.05) is 5.57 Å². The van der Waals surface area contributed by atoms with Crippen molar-refractivity contribution < 1.29 is 9.53 Å². The molecule has 1 aliphatic carbocycles. The van der Waals surface area contributed by atoms with Crippen molar-refractivity contribution in [2.24, 2.45) is 0 Å². The summed E-state index contributed by atoms with van der Waals surface area (Å²) in [5.74, 6) is -0.173. The quantitative estimate of drug-likeness (QED) is 0.543. The molecular weight excluding hydrogens is 212 g/mol. The Balaban J connectivity index is 2.80. The van der Waals surface area contributed by atoms with Crippen molar-refractivity contribution in [1.29, 1.82) is 0 Å². The first-order chi connectivity index (χ1) is 8.16. The molecule has 0 spiro atoms. The second kappa shape index (κ2) is 7.31. The average molecular weight is 236 g/mol. The summed E-state index contributed by atoms with van der Waals surface area (Å²) in [6, 6.07) is 0. The Kier molecular flexibility index (Phi) is 6.03. The molecule has 0 heterocycles.